The predicted molar refractivity (Wildman–Crippen MR) is 91.6 cm³/mol. The molecule has 2 N–H and O–H groups in total. The summed E-state index contributed by atoms with van der Waals surface area (Å²) >= 11 is 0. The van der Waals surface area contributed by atoms with Gasteiger partial charge in [-0.05, 0) is 17.7 Å². The van der Waals surface area contributed by atoms with Gasteiger partial charge >= 0.3 is 0 Å². The van der Waals surface area contributed by atoms with Crippen molar-refractivity contribution in [2.45, 2.75) is 13.1 Å². The molecule has 3 rings (SSSR count). The molecule has 1 aromatic carbocycles. The van der Waals surface area contributed by atoms with Crippen molar-refractivity contribution in [3.05, 3.63) is 60.5 Å². The summed E-state index contributed by atoms with van der Waals surface area (Å²) in [6, 6.07) is 5.09. The van der Waals surface area contributed by atoms with Gasteiger partial charge in [-0.15, -0.1) is 0 Å². The summed E-state index contributed by atoms with van der Waals surface area (Å²) in [5.74, 6) is 1.08. The zero-order valence-corrected chi connectivity index (χ0v) is 14.0. The van der Waals surface area contributed by atoms with Crippen LogP contribution in [0.5, 0.6) is 0 Å². The number of guanidine groups is 1. The van der Waals surface area contributed by atoms with Gasteiger partial charge in [0.05, 0.1) is 18.6 Å². The molecule has 25 heavy (non-hydrogen) atoms. The normalized spacial score (nSPS) is 11.6. The molecule has 8 nitrogen and oxygen atoms in total. The average Bonchev–Trinajstić information content (AvgIpc) is 3.27. The lowest BCUT2D eigenvalue weighted by atomic mass is 10.2. The molecule has 0 saturated heterocycles. The summed E-state index contributed by atoms with van der Waals surface area (Å²) in [7, 11) is 3.50. The number of aromatic nitrogens is 5. The Hall–Kier alpha value is -3.23. The second-order valence-corrected chi connectivity index (χ2v) is 5.33. The standard InChI is InChI=1S/C16H19FN8/c1-18-16(21-9-15-22-10-23-24(15)2)20-8-12-3-4-14(13(17)7-12)25-6-5-19-11-25/h3-7,10-11H,8-9H2,1-2H3,(H2,18,20,21). The molecule has 0 aliphatic carbocycles. The summed E-state index contributed by atoms with van der Waals surface area (Å²) < 4.78 is 17.6. The number of halogens is 1. The Balaban J connectivity index is 1.58. The fourth-order valence-electron chi connectivity index (χ4n) is 2.32. The van der Waals surface area contributed by atoms with Gasteiger partial charge in [0.25, 0.3) is 0 Å². The SMILES string of the molecule is CN=C(NCc1ccc(-n2ccnc2)c(F)c1)NCc1ncnn1C. The van der Waals surface area contributed by atoms with Crippen LogP contribution in [0, 0.1) is 5.82 Å². The highest BCUT2D eigenvalue weighted by atomic mass is 19.1. The van der Waals surface area contributed by atoms with Gasteiger partial charge in [0.15, 0.2) is 5.96 Å². The van der Waals surface area contributed by atoms with E-state index in [-0.39, 0.29) is 5.82 Å². The molecule has 0 amide bonds. The van der Waals surface area contributed by atoms with Crippen LogP contribution in [-0.4, -0.2) is 37.3 Å². The third-order valence-corrected chi connectivity index (χ3v) is 3.70. The van der Waals surface area contributed by atoms with Gasteiger partial charge in [-0.3, -0.25) is 9.67 Å². The highest BCUT2D eigenvalue weighted by Gasteiger charge is 2.07. The van der Waals surface area contributed by atoms with E-state index in [9.17, 15) is 4.39 Å². The van der Waals surface area contributed by atoms with Crippen LogP contribution >= 0.6 is 0 Å². The fourth-order valence-corrected chi connectivity index (χ4v) is 2.32. The van der Waals surface area contributed by atoms with Crippen molar-refractivity contribution in [1.82, 2.24) is 34.9 Å². The zero-order chi connectivity index (χ0) is 17.6. The van der Waals surface area contributed by atoms with Crippen LogP contribution in [-0.2, 0) is 20.1 Å². The third kappa shape index (κ3) is 4.00. The van der Waals surface area contributed by atoms with Crippen molar-refractivity contribution in [1.29, 1.82) is 0 Å². The Morgan fingerprint density at radius 2 is 2.12 bits per heavy atom. The van der Waals surface area contributed by atoms with Crippen LogP contribution < -0.4 is 10.6 Å². The lowest BCUT2D eigenvalue weighted by molar-refractivity contribution is 0.614. The van der Waals surface area contributed by atoms with Crippen molar-refractivity contribution in [2.75, 3.05) is 7.05 Å². The van der Waals surface area contributed by atoms with Crippen molar-refractivity contribution >= 4 is 5.96 Å². The van der Waals surface area contributed by atoms with Gasteiger partial charge < -0.3 is 15.2 Å². The first-order valence-electron chi connectivity index (χ1n) is 7.71. The van der Waals surface area contributed by atoms with E-state index in [0.717, 1.165) is 11.4 Å². The van der Waals surface area contributed by atoms with Crippen molar-refractivity contribution in [2.24, 2.45) is 12.0 Å². The van der Waals surface area contributed by atoms with Crippen molar-refractivity contribution < 1.29 is 4.39 Å². The van der Waals surface area contributed by atoms with Crippen LogP contribution in [0.2, 0.25) is 0 Å². The van der Waals surface area contributed by atoms with Gasteiger partial charge in [0, 0.05) is 33.0 Å². The molecule has 9 heteroatoms. The summed E-state index contributed by atoms with van der Waals surface area (Å²) in [6.45, 7) is 0.934. The van der Waals surface area contributed by atoms with Gasteiger partial charge in [-0.1, -0.05) is 6.07 Å². The van der Waals surface area contributed by atoms with Gasteiger partial charge in [0.1, 0.15) is 18.0 Å². The van der Waals surface area contributed by atoms with E-state index in [1.165, 1.54) is 12.4 Å². The van der Waals surface area contributed by atoms with Crippen LogP contribution in [0.4, 0.5) is 4.39 Å². The molecule has 2 aromatic heterocycles. The molecule has 3 aromatic rings. The maximum atomic E-state index is 14.3. The minimum Gasteiger partial charge on any atom is -0.352 e. The first-order chi connectivity index (χ1) is 12.2. The Morgan fingerprint density at radius 3 is 2.76 bits per heavy atom. The molecule has 0 fully saturated rings. The maximum Gasteiger partial charge on any atom is 0.191 e. The number of rotatable bonds is 5. The number of imidazole rings is 1. The quantitative estimate of drug-likeness (QED) is 0.534. The molecular weight excluding hydrogens is 323 g/mol. The molecule has 0 unspecified atom stereocenters. The average molecular weight is 342 g/mol. The first-order valence-corrected chi connectivity index (χ1v) is 7.71. The third-order valence-electron chi connectivity index (χ3n) is 3.70. The highest BCUT2D eigenvalue weighted by Crippen LogP contribution is 2.14. The molecule has 0 bridgehead atoms. The second kappa shape index (κ2) is 7.56. The lowest BCUT2D eigenvalue weighted by Gasteiger charge is -2.12. The van der Waals surface area contributed by atoms with Crippen molar-refractivity contribution in [3.63, 3.8) is 0 Å². The summed E-state index contributed by atoms with van der Waals surface area (Å²) in [4.78, 5) is 12.2. The minimum atomic E-state index is -0.306. The minimum absolute atomic E-state index is 0.306. The van der Waals surface area contributed by atoms with E-state index >= 15 is 0 Å². The summed E-state index contributed by atoms with van der Waals surface area (Å²) in [5, 5.41) is 10.3. The molecule has 0 radical (unpaired) electrons. The monoisotopic (exact) mass is 342 g/mol. The fraction of sp³-hybridized carbons (Fsp3) is 0.250. The molecule has 0 atom stereocenters. The van der Waals surface area contributed by atoms with E-state index in [0.29, 0.717) is 24.7 Å². The molecule has 0 aliphatic rings. The molecule has 0 aliphatic heterocycles. The van der Waals surface area contributed by atoms with E-state index in [2.05, 4.69) is 30.7 Å². The van der Waals surface area contributed by atoms with Crippen LogP contribution in [0.1, 0.15) is 11.4 Å². The Kier molecular flexibility index (Phi) is 5.03. The van der Waals surface area contributed by atoms with Crippen LogP contribution in [0.25, 0.3) is 5.69 Å². The number of nitrogens with zero attached hydrogens (tertiary/aromatic N) is 6. The molecule has 0 spiro atoms. The van der Waals surface area contributed by atoms with E-state index < -0.39 is 0 Å². The molecule has 2 heterocycles. The number of hydrogen-bond acceptors (Lipinski definition) is 4. The van der Waals surface area contributed by atoms with Crippen LogP contribution in [0.15, 0.2) is 48.2 Å². The topological polar surface area (TPSA) is 84.9 Å². The smallest absolute Gasteiger partial charge is 0.191 e. The van der Waals surface area contributed by atoms with Gasteiger partial charge in [0.2, 0.25) is 0 Å². The number of aryl methyl sites for hydroxylation is 1. The largest absolute Gasteiger partial charge is 0.352 e. The second-order valence-electron chi connectivity index (χ2n) is 5.33. The molecular formula is C16H19FN8. The Labute approximate surface area is 144 Å². The van der Waals surface area contributed by atoms with Gasteiger partial charge in [-0.25, -0.2) is 14.4 Å². The maximum absolute atomic E-state index is 14.3. The number of nitrogens with one attached hydrogen (secondary N) is 2. The Bertz CT molecular complexity index is 853. The first kappa shape index (κ1) is 16.6. The highest BCUT2D eigenvalue weighted by molar-refractivity contribution is 5.79. The van der Waals surface area contributed by atoms with Gasteiger partial charge in [-0.2, -0.15) is 5.10 Å². The van der Waals surface area contributed by atoms with E-state index in [1.54, 1.807) is 41.1 Å². The number of hydrogen-bond donors (Lipinski definition) is 2. The molecule has 0 saturated carbocycles. The zero-order valence-electron chi connectivity index (χ0n) is 14.0. The van der Waals surface area contributed by atoms with Crippen LogP contribution in [0.3, 0.4) is 0 Å². The van der Waals surface area contributed by atoms with E-state index in [4.69, 9.17) is 0 Å². The number of aliphatic imine (C=N–C) groups is 1. The predicted octanol–water partition coefficient (Wildman–Crippen LogP) is 1.01. The van der Waals surface area contributed by atoms with Crippen molar-refractivity contribution in [3.8, 4) is 5.69 Å². The number of benzene rings is 1. The Morgan fingerprint density at radius 1 is 1.28 bits per heavy atom. The summed E-state index contributed by atoms with van der Waals surface area (Å²) in [6.07, 6.45) is 6.38. The summed E-state index contributed by atoms with van der Waals surface area (Å²) in [5.41, 5.74) is 1.27. The lowest BCUT2D eigenvalue weighted by Crippen LogP contribution is -2.37. The molecule has 130 valence electrons. The van der Waals surface area contributed by atoms with E-state index in [1.807, 2.05) is 13.1 Å².